The molecule has 0 aliphatic carbocycles. The minimum atomic E-state index is -1.03. The first-order chi connectivity index (χ1) is 23.2. The fourth-order valence-electron chi connectivity index (χ4n) is 5.42. The lowest BCUT2D eigenvalue weighted by Gasteiger charge is -2.39. The molecule has 1 aromatic heterocycles. The molecule has 1 saturated heterocycles. The van der Waals surface area contributed by atoms with E-state index in [1.807, 2.05) is 36.4 Å². The zero-order valence-electron chi connectivity index (χ0n) is 26.8. The molecule has 1 fully saturated rings. The zero-order valence-corrected chi connectivity index (χ0v) is 26.8. The minimum Gasteiger partial charge on any atom is -0.505 e. The van der Waals surface area contributed by atoms with E-state index in [9.17, 15) is 29.0 Å². The quantitative estimate of drug-likeness (QED) is 0.135. The number of ether oxygens (including phenoxy) is 1. The second-order valence-corrected chi connectivity index (χ2v) is 12.0. The SMILES string of the molecule is CCCCCCCOc1ccc(-c2cnc(-c3ccc(C[C@H](NC(=O)c4ccc(O)c(F)c4)C(=O)N4CC(C(=O)O)C4)cc3)nc2)cc1. The highest BCUT2D eigenvalue weighted by molar-refractivity contribution is 5.98. The Balaban J connectivity index is 1.21. The van der Waals surface area contributed by atoms with Crippen molar-refractivity contribution in [1.82, 2.24) is 20.2 Å². The Labute approximate surface area is 278 Å². The van der Waals surface area contributed by atoms with Gasteiger partial charge >= 0.3 is 5.97 Å². The molecule has 0 bridgehead atoms. The topological polar surface area (TPSA) is 142 Å². The number of hydrogen-bond acceptors (Lipinski definition) is 7. The number of amides is 2. The van der Waals surface area contributed by atoms with Crippen LogP contribution in [-0.4, -0.2) is 68.6 Å². The summed E-state index contributed by atoms with van der Waals surface area (Å²) >= 11 is 0. The van der Waals surface area contributed by atoms with E-state index in [4.69, 9.17) is 4.74 Å². The first kappa shape index (κ1) is 34.0. The molecule has 4 aromatic rings. The second kappa shape index (κ2) is 16.0. The maximum Gasteiger partial charge on any atom is 0.310 e. The van der Waals surface area contributed by atoms with Crippen LogP contribution in [0.4, 0.5) is 4.39 Å². The maximum absolute atomic E-state index is 13.9. The first-order valence-corrected chi connectivity index (χ1v) is 16.2. The molecule has 0 unspecified atom stereocenters. The number of nitrogens with one attached hydrogen (secondary N) is 1. The molecule has 0 radical (unpaired) electrons. The summed E-state index contributed by atoms with van der Waals surface area (Å²) in [4.78, 5) is 48.0. The van der Waals surface area contributed by atoms with Crippen LogP contribution in [0.1, 0.15) is 54.9 Å². The van der Waals surface area contributed by atoms with Crippen molar-refractivity contribution in [1.29, 1.82) is 0 Å². The molecule has 2 amide bonds. The summed E-state index contributed by atoms with van der Waals surface area (Å²) in [6.45, 7) is 2.99. The average molecular weight is 655 g/mol. The van der Waals surface area contributed by atoms with Gasteiger partial charge < -0.3 is 25.2 Å². The van der Waals surface area contributed by atoms with E-state index in [0.29, 0.717) is 12.4 Å². The number of carboxylic acids is 1. The lowest BCUT2D eigenvalue weighted by Crippen LogP contribution is -2.59. The lowest BCUT2D eigenvalue weighted by atomic mass is 9.96. The predicted octanol–water partition coefficient (Wildman–Crippen LogP) is 5.89. The summed E-state index contributed by atoms with van der Waals surface area (Å²) in [6, 6.07) is 17.3. The van der Waals surface area contributed by atoms with E-state index in [-0.39, 0.29) is 25.1 Å². The normalized spacial score (nSPS) is 13.4. The van der Waals surface area contributed by atoms with Gasteiger partial charge in [-0.1, -0.05) is 69.0 Å². The van der Waals surface area contributed by atoms with E-state index in [1.54, 1.807) is 24.5 Å². The summed E-state index contributed by atoms with van der Waals surface area (Å²) in [6.07, 6.45) is 9.57. The Morgan fingerprint density at radius 1 is 0.917 bits per heavy atom. The summed E-state index contributed by atoms with van der Waals surface area (Å²) in [5.41, 5.74) is 3.25. The largest absolute Gasteiger partial charge is 0.505 e. The van der Waals surface area contributed by atoms with Crippen LogP contribution in [0.15, 0.2) is 79.1 Å². The molecular weight excluding hydrogens is 615 g/mol. The van der Waals surface area contributed by atoms with Crippen molar-refractivity contribution in [3.8, 4) is 34.0 Å². The number of carbonyl (C=O) groups is 3. The van der Waals surface area contributed by atoms with Gasteiger partial charge in [0.05, 0.1) is 12.5 Å². The number of hydrogen-bond donors (Lipinski definition) is 3. The van der Waals surface area contributed by atoms with Crippen LogP contribution in [0, 0.1) is 11.7 Å². The molecule has 11 heteroatoms. The number of likely N-dealkylation sites (tertiary alicyclic amines) is 1. The van der Waals surface area contributed by atoms with E-state index < -0.39 is 41.3 Å². The van der Waals surface area contributed by atoms with Gasteiger partial charge in [0.25, 0.3) is 5.91 Å². The molecule has 0 spiro atoms. The second-order valence-electron chi connectivity index (χ2n) is 12.0. The number of rotatable bonds is 15. The van der Waals surface area contributed by atoms with Crippen LogP contribution < -0.4 is 10.1 Å². The smallest absolute Gasteiger partial charge is 0.310 e. The van der Waals surface area contributed by atoms with Gasteiger partial charge in [0.2, 0.25) is 5.91 Å². The molecule has 48 heavy (non-hydrogen) atoms. The third kappa shape index (κ3) is 8.72. The van der Waals surface area contributed by atoms with Gasteiger partial charge in [-0.2, -0.15) is 0 Å². The van der Waals surface area contributed by atoms with E-state index in [1.165, 1.54) is 36.6 Å². The van der Waals surface area contributed by atoms with E-state index >= 15 is 0 Å². The Hall–Kier alpha value is -5.32. The molecular formula is C37H39FN4O6. The number of carboxylic acid groups (broad SMARTS) is 1. The summed E-state index contributed by atoms with van der Waals surface area (Å²) in [7, 11) is 0. The molecule has 2 heterocycles. The molecule has 5 rings (SSSR count). The van der Waals surface area contributed by atoms with Crippen LogP contribution in [0.3, 0.4) is 0 Å². The fraction of sp³-hybridized carbons (Fsp3) is 0.324. The predicted molar refractivity (Wildman–Crippen MR) is 178 cm³/mol. The molecule has 3 N–H and O–H groups in total. The Morgan fingerprint density at radius 2 is 1.58 bits per heavy atom. The number of carbonyl (C=O) groups excluding carboxylic acids is 2. The standard InChI is InChI=1S/C37H39FN4O6/c1-2-3-4-5-6-17-48-30-14-11-25(12-15-30)28-20-39-34(40-21-28)26-9-7-24(8-10-26)18-32(36(45)42-22-29(23-42)37(46)47)41-35(44)27-13-16-33(43)31(38)19-27/h7-16,19-21,29,32,43H,2-6,17-18,22-23H2,1H3,(H,41,44)(H,46,47)/t32-/m0/s1. The van der Waals surface area contributed by atoms with E-state index in [2.05, 4.69) is 22.2 Å². The number of benzene rings is 3. The van der Waals surface area contributed by atoms with E-state index in [0.717, 1.165) is 46.6 Å². The van der Waals surface area contributed by atoms with Gasteiger partial charge in [0.15, 0.2) is 17.4 Å². The van der Waals surface area contributed by atoms with Gasteiger partial charge in [-0.05, 0) is 47.9 Å². The summed E-state index contributed by atoms with van der Waals surface area (Å²) < 4.78 is 19.8. The summed E-state index contributed by atoms with van der Waals surface area (Å²) in [5, 5.41) is 21.4. The highest BCUT2D eigenvalue weighted by atomic mass is 19.1. The van der Waals surface area contributed by atoms with Gasteiger partial charge in [0.1, 0.15) is 11.8 Å². The van der Waals surface area contributed by atoms with Crippen molar-refractivity contribution >= 4 is 17.8 Å². The monoisotopic (exact) mass is 654 g/mol. The highest BCUT2D eigenvalue weighted by Gasteiger charge is 2.38. The van der Waals surface area contributed by atoms with Crippen LogP contribution >= 0.6 is 0 Å². The van der Waals surface area contributed by atoms with Gasteiger partial charge in [-0.3, -0.25) is 14.4 Å². The number of aliphatic carboxylic acids is 1. The average Bonchev–Trinajstić information content (AvgIpc) is 3.07. The number of aromatic hydroxyl groups is 1. The molecule has 1 atom stereocenters. The third-order valence-corrected chi connectivity index (χ3v) is 8.36. The van der Waals surface area contributed by atoms with Crippen molar-refractivity contribution in [2.45, 2.75) is 51.5 Å². The van der Waals surface area contributed by atoms with Crippen LogP contribution in [0.2, 0.25) is 0 Å². The van der Waals surface area contributed by atoms with Gasteiger partial charge in [-0.15, -0.1) is 0 Å². The van der Waals surface area contributed by atoms with Crippen molar-refractivity contribution in [3.05, 3.63) is 96.1 Å². The molecule has 10 nitrogen and oxygen atoms in total. The minimum absolute atomic E-state index is 0.0394. The highest BCUT2D eigenvalue weighted by Crippen LogP contribution is 2.25. The molecule has 1 aliphatic rings. The zero-order chi connectivity index (χ0) is 34.0. The number of halogens is 1. The van der Waals surface area contributed by atoms with Crippen LogP contribution in [0.5, 0.6) is 11.5 Å². The molecule has 3 aromatic carbocycles. The number of nitrogens with zero attached hydrogens (tertiary/aromatic N) is 3. The van der Waals surface area contributed by atoms with Crippen molar-refractivity contribution in [3.63, 3.8) is 0 Å². The fourth-order valence-corrected chi connectivity index (χ4v) is 5.42. The summed E-state index contributed by atoms with van der Waals surface area (Å²) in [5.74, 6) is -3.00. The van der Waals surface area contributed by atoms with Crippen LogP contribution in [-0.2, 0) is 16.0 Å². The maximum atomic E-state index is 13.9. The molecule has 250 valence electrons. The molecule has 0 saturated carbocycles. The van der Waals surface area contributed by atoms with Crippen LogP contribution in [0.25, 0.3) is 22.5 Å². The lowest BCUT2D eigenvalue weighted by molar-refractivity contribution is -0.153. The first-order valence-electron chi connectivity index (χ1n) is 16.2. The van der Waals surface area contributed by atoms with Crippen molar-refractivity contribution < 1.29 is 33.7 Å². The number of phenols is 1. The Kier molecular flexibility index (Phi) is 11.3. The van der Waals surface area contributed by atoms with Crippen molar-refractivity contribution in [2.24, 2.45) is 5.92 Å². The number of aromatic nitrogens is 2. The number of phenolic OH excluding ortho intramolecular Hbond substituents is 1. The number of unbranched alkanes of at least 4 members (excludes halogenated alkanes) is 4. The third-order valence-electron chi connectivity index (χ3n) is 8.36. The Morgan fingerprint density at radius 3 is 2.23 bits per heavy atom. The van der Waals surface area contributed by atoms with Gasteiger partial charge in [0, 0.05) is 48.6 Å². The van der Waals surface area contributed by atoms with Crippen molar-refractivity contribution in [2.75, 3.05) is 19.7 Å². The van der Waals surface area contributed by atoms with Gasteiger partial charge in [-0.25, -0.2) is 14.4 Å². The Bertz CT molecular complexity index is 1710. The molecule has 1 aliphatic heterocycles.